The van der Waals surface area contributed by atoms with Crippen LogP contribution in [0, 0.1) is 0 Å². The van der Waals surface area contributed by atoms with Crippen LogP contribution in [0.4, 0.5) is 0 Å². The van der Waals surface area contributed by atoms with E-state index in [1.807, 2.05) is 24.3 Å². The van der Waals surface area contributed by atoms with E-state index in [4.69, 9.17) is 16.6 Å². The van der Waals surface area contributed by atoms with Gasteiger partial charge in [-0.15, -0.1) is 11.3 Å². The Hall–Kier alpha value is -2.10. The van der Waals surface area contributed by atoms with E-state index in [1.54, 1.807) is 11.3 Å². The topological polar surface area (TPSA) is 17.8 Å². The number of benzene rings is 2. The summed E-state index contributed by atoms with van der Waals surface area (Å²) >= 11 is 7.61. The number of para-hydroxylation sites is 1. The monoisotopic (exact) mass is 324 g/mol. The zero-order chi connectivity index (χ0) is 15.1. The van der Waals surface area contributed by atoms with Gasteiger partial charge in [-0.05, 0) is 18.2 Å². The molecule has 0 aliphatic heterocycles. The fourth-order valence-electron chi connectivity index (χ4n) is 2.67. The molecule has 22 heavy (non-hydrogen) atoms. The Kier molecular flexibility index (Phi) is 3.25. The summed E-state index contributed by atoms with van der Waals surface area (Å²) in [6.45, 7) is 0. The smallest absolute Gasteiger partial charge is 0.124 e. The number of hydrogen-bond acceptors (Lipinski definition) is 2. The highest BCUT2D eigenvalue weighted by Gasteiger charge is 2.12. The van der Waals surface area contributed by atoms with Crippen LogP contribution >= 0.6 is 22.9 Å². The average Bonchev–Trinajstić information content (AvgIpc) is 3.14. The summed E-state index contributed by atoms with van der Waals surface area (Å²) in [5, 5.41) is 5.11. The number of fused-ring (bicyclic) bond motifs is 1. The van der Waals surface area contributed by atoms with Gasteiger partial charge in [-0.3, -0.25) is 0 Å². The quantitative estimate of drug-likeness (QED) is 0.468. The van der Waals surface area contributed by atoms with Crippen LogP contribution in [0.1, 0.15) is 0 Å². The van der Waals surface area contributed by atoms with Gasteiger partial charge in [0.1, 0.15) is 5.01 Å². The minimum absolute atomic E-state index is 0.745. The van der Waals surface area contributed by atoms with Gasteiger partial charge in [0, 0.05) is 45.7 Å². The molecule has 0 spiro atoms. The first-order chi connectivity index (χ1) is 10.7. The number of hydrogen-bond donors (Lipinski definition) is 0. The molecule has 2 aromatic heterocycles. The van der Waals surface area contributed by atoms with Crippen molar-refractivity contribution >= 4 is 33.8 Å². The predicted molar refractivity (Wildman–Crippen MR) is 94.5 cm³/mol. The van der Waals surface area contributed by atoms with E-state index in [0.29, 0.717) is 0 Å². The van der Waals surface area contributed by atoms with E-state index < -0.39 is 0 Å². The molecule has 0 saturated heterocycles. The number of aryl methyl sites for hydroxylation is 1. The molecule has 0 atom stereocenters. The molecule has 0 amide bonds. The van der Waals surface area contributed by atoms with Gasteiger partial charge < -0.3 is 4.57 Å². The lowest BCUT2D eigenvalue weighted by Gasteiger charge is -1.96. The Labute approximate surface area is 137 Å². The molecular weight excluding hydrogens is 312 g/mol. The molecule has 2 heterocycles. The van der Waals surface area contributed by atoms with E-state index in [9.17, 15) is 0 Å². The predicted octanol–water partition coefficient (Wildman–Crippen LogP) is 5.62. The molecule has 0 radical (unpaired) electrons. The highest BCUT2D eigenvalue weighted by Crippen LogP contribution is 2.34. The first-order valence-corrected chi connectivity index (χ1v) is 8.24. The van der Waals surface area contributed by atoms with Crippen molar-refractivity contribution in [2.24, 2.45) is 7.05 Å². The Morgan fingerprint density at radius 3 is 2.64 bits per heavy atom. The van der Waals surface area contributed by atoms with Gasteiger partial charge in [0.05, 0.1) is 5.69 Å². The fraction of sp³-hybridized carbons (Fsp3) is 0.0556. The molecular formula is C18H13ClN2S. The van der Waals surface area contributed by atoms with E-state index in [0.717, 1.165) is 21.3 Å². The van der Waals surface area contributed by atoms with Crippen LogP contribution < -0.4 is 0 Å². The number of aromatic nitrogens is 2. The minimum atomic E-state index is 0.745. The number of halogens is 1. The third-order valence-corrected chi connectivity index (χ3v) is 4.91. The zero-order valence-electron chi connectivity index (χ0n) is 12.0. The lowest BCUT2D eigenvalue weighted by molar-refractivity contribution is 0.970. The van der Waals surface area contributed by atoms with Gasteiger partial charge in [-0.25, -0.2) is 4.98 Å². The average molecular weight is 325 g/mol. The van der Waals surface area contributed by atoms with Crippen molar-refractivity contribution in [2.75, 3.05) is 0 Å². The molecule has 0 aliphatic carbocycles. The zero-order valence-corrected chi connectivity index (χ0v) is 13.5. The lowest BCUT2D eigenvalue weighted by Crippen LogP contribution is -1.81. The van der Waals surface area contributed by atoms with E-state index in [-0.39, 0.29) is 0 Å². The van der Waals surface area contributed by atoms with Crippen LogP contribution in [-0.2, 0) is 7.05 Å². The molecule has 0 N–H and O–H groups in total. The van der Waals surface area contributed by atoms with Crippen molar-refractivity contribution in [3.63, 3.8) is 0 Å². The summed E-state index contributed by atoms with van der Waals surface area (Å²) in [5.41, 5.74) is 4.51. The molecule has 4 aromatic rings. The summed E-state index contributed by atoms with van der Waals surface area (Å²) in [6, 6.07) is 16.2. The SMILES string of the molecule is Cn1cc(-c2csc(-c3ccc(Cl)cc3)n2)c2ccccc21. The van der Waals surface area contributed by atoms with Crippen LogP contribution in [-0.4, -0.2) is 9.55 Å². The van der Waals surface area contributed by atoms with Gasteiger partial charge in [-0.2, -0.15) is 0 Å². The fourth-order valence-corrected chi connectivity index (χ4v) is 3.62. The van der Waals surface area contributed by atoms with Crippen molar-refractivity contribution in [3.8, 4) is 21.8 Å². The van der Waals surface area contributed by atoms with E-state index in [1.165, 1.54) is 16.5 Å². The van der Waals surface area contributed by atoms with Crippen molar-refractivity contribution in [3.05, 3.63) is 65.1 Å². The molecule has 108 valence electrons. The molecule has 2 nitrogen and oxygen atoms in total. The van der Waals surface area contributed by atoms with Crippen LogP contribution in [0.25, 0.3) is 32.7 Å². The van der Waals surface area contributed by atoms with Crippen molar-refractivity contribution in [1.82, 2.24) is 9.55 Å². The largest absolute Gasteiger partial charge is 0.350 e. The standard InChI is InChI=1S/C18H13ClN2S/c1-21-10-15(14-4-2-3-5-17(14)21)16-11-22-18(20-16)12-6-8-13(19)9-7-12/h2-11H,1H3. The summed E-state index contributed by atoms with van der Waals surface area (Å²) in [6.07, 6.45) is 2.14. The van der Waals surface area contributed by atoms with Gasteiger partial charge in [-0.1, -0.05) is 41.9 Å². The molecule has 4 rings (SSSR count). The molecule has 0 aliphatic rings. The van der Waals surface area contributed by atoms with E-state index >= 15 is 0 Å². The maximum Gasteiger partial charge on any atom is 0.124 e. The Balaban J connectivity index is 1.82. The molecule has 0 bridgehead atoms. The molecule has 0 fully saturated rings. The third kappa shape index (κ3) is 2.23. The highest BCUT2D eigenvalue weighted by molar-refractivity contribution is 7.13. The number of nitrogens with zero attached hydrogens (tertiary/aromatic N) is 2. The molecule has 4 heteroatoms. The van der Waals surface area contributed by atoms with Crippen molar-refractivity contribution in [2.45, 2.75) is 0 Å². The Bertz CT molecular complexity index is 951. The van der Waals surface area contributed by atoms with Gasteiger partial charge >= 0.3 is 0 Å². The van der Waals surface area contributed by atoms with Crippen LogP contribution in [0.5, 0.6) is 0 Å². The van der Waals surface area contributed by atoms with Crippen LogP contribution in [0.2, 0.25) is 5.02 Å². The van der Waals surface area contributed by atoms with Crippen LogP contribution in [0.15, 0.2) is 60.1 Å². The summed E-state index contributed by atoms with van der Waals surface area (Å²) in [5.74, 6) is 0. The first-order valence-electron chi connectivity index (χ1n) is 6.98. The molecule has 0 unspecified atom stereocenters. The van der Waals surface area contributed by atoms with Gasteiger partial charge in [0.25, 0.3) is 0 Å². The van der Waals surface area contributed by atoms with E-state index in [2.05, 4.69) is 47.5 Å². The number of rotatable bonds is 2. The third-order valence-electron chi connectivity index (χ3n) is 3.77. The van der Waals surface area contributed by atoms with Crippen molar-refractivity contribution in [1.29, 1.82) is 0 Å². The Morgan fingerprint density at radius 2 is 1.82 bits per heavy atom. The summed E-state index contributed by atoms with van der Waals surface area (Å²) < 4.78 is 2.14. The maximum absolute atomic E-state index is 5.95. The lowest BCUT2D eigenvalue weighted by atomic mass is 10.1. The van der Waals surface area contributed by atoms with Gasteiger partial charge in [0.2, 0.25) is 0 Å². The molecule has 0 saturated carbocycles. The normalized spacial score (nSPS) is 11.2. The highest BCUT2D eigenvalue weighted by atomic mass is 35.5. The van der Waals surface area contributed by atoms with Crippen molar-refractivity contribution < 1.29 is 0 Å². The van der Waals surface area contributed by atoms with Crippen LogP contribution in [0.3, 0.4) is 0 Å². The first kappa shape index (κ1) is 13.6. The second-order valence-corrected chi connectivity index (χ2v) is 6.51. The molecule has 2 aromatic carbocycles. The minimum Gasteiger partial charge on any atom is -0.350 e. The van der Waals surface area contributed by atoms with Gasteiger partial charge in [0.15, 0.2) is 0 Å². The number of thiazole rings is 1. The summed E-state index contributed by atoms with van der Waals surface area (Å²) in [7, 11) is 2.07. The summed E-state index contributed by atoms with van der Waals surface area (Å²) in [4.78, 5) is 4.81. The second-order valence-electron chi connectivity index (χ2n) is 5.22. The second kappa shape index (κ2) is 5.27. The maximum atomic E-state index is 5.95. The Morgan fingerprint density at radius 1 is 1.05 bits per heavy atom.